The van der Waals surface area contributed by atoms with Crippen molar-refractivity contribution in [1.29, 1.82) is 0 Å². The van der Waals surface area contributed by atoms with Crippen molar-refractivity contribution >= 4 is 16.8 Å². The van der Waals surface area contributed by atoms with Crippen LogP contribution in [-0.4, -0.2) is 19.3 Å². The fourth-order valence-electron chi connectivity index (χ4n) is 2.27. The van der Waals surface area contributed by atoms with Gasteiger partial charge in [-0.25, -0.2) is 0 Å². The van der Waals surface area contributed by atoms with Crippen molar-refractivity contribution < 1.29 is 9.47 Å². The van der Waals surface area contributed by atoms with Crippen molar-refractivity contribution in [2.45, 2.75) is 12.3 Å². The molecule has 0 bridgehead atoms. The summed E-state index contributed by atoms with van der Waals surface area (Å²) in [5, 5.41) is 5.54. The van der Waals surface area contributed by atoms with E-state index in [4.69, 9.17) is 9.47 Å². The van der Waals surface area contributed by atoms with Crippen LogP contribution < -0.4 is 14.9 Å². The first kappa shape index (κ1) is 14.8. The molecule has 1 aliphatic rings. The zero-order chi connectivity index (χ0) is 15.5. The molecule has 1 unspecified atom stereocenters. The Balaban J connectivity index is 1.78. The van der Waals surface area contributed by atoms with Crippen LogP contribution in [-0.2, 0) is 0 Å². The molecular formula is C17H18N2O2S. The fraction of sp³-hybridized carbons (Fsp3) is 0.235. The number of aryl methyl sites for hydroxylation is 1. The van der Waals surface area contributed by atoms with Gasteiger partial charge in [-0.05, 0) is 30.7 Å². The maximum Gasteiger partial charge on any atom is 0.161 e. The number of rotatable bonds is 4. The van der Waals surface area contributed by atoms with E-state index in [-0.39, 0.29) is 5.37 Å². The highest BCUT2D eigenvalue weighted by atomic mass is 32.2. The van der Waals surface area contributed by atoms with Crippen LogP contribution in [0.15, 0.2) is 47.6 Å². The lowest BCUT2D eigenvalue weighted by Crippen LogP contribution is -2.06. The van der Waals surface area contributed by atoms with E-state index in [2.05, 4.69) is 41.7 Å². The fourth-order valence-corrected chi connectivity index (χ4v) is 3.26. The minimum absolute atomic E-state index is 0.142. The van der Waals surface area contributed by atoms with Crippen LogP contribution in [0.4, 0.5) is 0 Å². The van der Waals surface area contributed by atoms with Crippen LogP contribution in [0.25, 0.3) is 0 Å². The van der Waals surface area contributed by atoms with Crippen molar-refractivity contribution in [3.63, 3.8) is 0 Å². The molecule has 0 fully saturated rings. The molecule has 0 aromatic heterocycles. The summed E-state index contributed by atoms with van der Waals surface area (Å²) in [7, 11) is 3.27. The van der Waals surface area contributed by atoms with E-state index in [1.54, 1.807) is 26.0 Å². The molecule has 0 aliphatic carbocycles. The molecule has 0 amide bonds. The van der Waals surface area contributed by atoms with Crippen LogP contribution in [0.5, 0.6) is 11.5 Å². The summed E-state index contributed by atoms with van der Waals surface area (Å²) in [6, 6.07) is 14.3. The SMILES string of the molecule is COc1ccc(C2=NNC(c3ccc(C)cc3)S2)cc1OC. The van der Waals surface area contributed by atoms with Crippen LogP contribution in [0, 0.1) is 6.92 Å². The van der Waals surface area contributed by atoms with Gasteiger partial charge in [0.1, 0.15) is 10.4 Å². The number of hydrogen-bond acceptors (Lipinski definition) is 5. The Bertz CT molecular complexity index is 698. The number of ether oxygens (including phenoxy) is 2. The summed E-state index contributed by atoms with van der Waals surface area (Å²) in [6.07, 6.45) is 0. The van der Waals surface area contributed by atoms with Crippen molar-refractivity contribution in [2.24, 2.45) is 5.10 Å². The number of hydrazone groups is 1. The third kappa shape index (κ3) is 2.90. The first-order chi connectivity index (χ1) is 10.7. The lowest BCUT2D eigenvalue weighted by molar-refractivity contribution is 0.355. The summed E-state index contributed by atoms with van der Waals surface area (Å²) < 4.78 is 10.6. The molecule has 5 heteroatoms. The molecular weight excluding hydrogens is 296 g/mol. The van der Waals surface area contributed by atoms with E-state index in [1.807, 2.05) is 18.2 Å². The third-order valence-corrected chi connectivity index (χ3v) is 4.69. The molecule has 1 aliphatic heterocycles. The van der Waals surface area contributed by atoms with Gasteiger partial charge in [0.15, 0.2) is 11.5 Å². The Hall–Kier alpha value is -2.14. The summed E-state index contributed by atoms with van der Waals surface area (Å²) >= 11 is 1.70. The van der Waals surface area contributed by atoms with Crippen molar-refractivity contribution in [1.82, 2.24) is 5.43 Å². The van der Waals surface area contributed by atoms with Gasteiger partial charge in [0.05, 0.1) is 14.2 Å². The average molecular weight is 314 g/mol. The topological polar surface area (TPSA) is 42.8 Å². The molecule has 1 atom stereocenters. The lowest BCUT2D eigenvalue weighted by atomic mass is 10.1. The number of nitrogens with one attached hydrogen (secondary N) is 1. The highest BCUT2D eigenvalue weighted by Crippen LogP contribution is 2.36. The van der Waals surface area contributed by atoms with Gasteiger partial charge in [0.2, 0.25) is 0 Å². The molecule has 0 saturated carbocycles. The average Bonchev–Trinajstić information content (AvgIpc) is 3.05. The smallest absolute Gasteiger partial charge is 0.161 e. The van der Waals surface area contributed by atoms with Crippen molar-refractivity contribution in [3.8, 4) is 11.5 Å². The first-order valence-electron chi connectivity index (χ1n) is 7.00. The van der Waals surface area contributed by atoms with Gasteiger partial charge in [0.25, 0.3) is 0 Å². The molecule has 3 rings (SSSR count). The van der Waals surface area contributed by atoms with Gasteiger partial charge in [-0.2, -0.15) is 5.10 Å². The molecule has 114 valence electrons. The summed E-state index contributed by atoms with van der Waals surface area (Å²) in [5.74, 6) is 1.43. The number of nitrogens with zero attached hydrogens (tertiary/aromatic N) is 1. The zero-order valence-corrected chi connectivity index (χ0v) is 13.6. The maximum absolute atomic E-state index is 5.35. The van der Waals surface area contributed by atoms with E-state index in [0.717, 1.165) is 16.4 Å². The normalized spacial score (nSPS) is 16.9. The van der Waals surface area contributed by atoms with Gasteiger partial charge in [-0.1, -0.05) is 41.6 Å². The lowest BCUT2D eigenvalue weighted by Gasteiger charge is -2.11. The third-order valence-electron chi connectivity index (χ3n) is 3.52. The molecule has 2 aromatic carbocycles. The summed E-state index contributed by atoms with van der Waals surface area (Å²) in [4.78, 5) is 0. The van der Waals surface area contributed by atoms with Crippen LogP contribution in [0.1, 0.15) is 22.1 Å². The summed E-state index contributed by atoms with van der Waals surface area (Å²) in [6.45, 7) is 2.09. The van der Waals surface area contributed by atoms with Crippen LogP contribution in [0.2, 0.25) is 0 Å². The van der Waals surface area contributed by atoms with E-state index in [1.165, 1.54) is 11.1 Å². The second-order valence-corrected chi connectivity index (χ2v) is 6.12. The second kappa shape index (κ2) is 6.32. The number of benzene rings is 2. The monoisotopic (exact) mass is 314 g/mol. The van der Waals surface area contributed by atoms with Gasteiger partial charge in [-0.3, -0.25) is 5.43 Å². The van der Waals surface area contributed by atoms with Crippen molar-refractivity contribution in [3.05, 3.63) is 59.2 Å². The molecule has 22 heavy (non-hydrogen) atoms. The quantitative estimate of drug-likeness (QED) is 0.934. The molecule has 0 spiro atoms. The predicted octanol–water partition coefficient (Wildman–Crippen LogP) is 3.71. The zero-order valence-electron chi connectivity index (χ0n) is 12.8. The molecule has 1 heterocycles. The van der Waals surface area contributed by atoms with Crippen molar-refractivity contribution in [2.75, 3.05) is 14.2 Å². The number of hydrogen-bond donors (Lipinski definition) is 1. The number of methoxy groups -OCH3 is 2. The molecule has 2 aromatic rings. The highest BCUT2D eigenvalue weighted by Gasteiger charge is 2.22. The largest absolute Gasteiger partial charge is 0.493 e. The second-order valence-electron chi connectivity index (χ2n) is 5.02. The highest BCUT2D eigenvalue weighted by molar-refractivity contribution is 8.14. The Labute approximate surface area is 134 Å². The van der Waals surface area contributed by atoms with Gasteiger partial charge < -0.3 is 9.47 Å². The van der Waals surface area contributed by atoms with Crippen LogP contribution in [0.3, 0.4) is 0 Å². The Morgan fingerprint density at radius 3 is 2.41 bits per heavy atom. The molecule has 4 nitrogen and oxygen atoms in total. The molecule has 0 radical (unpaired) electrons. The van der Waals surface area contributed by atoms with Crippen LogP contribution >= 0.6 is 11.8 Å². The standard InChI is InChI=1S/C17H18N2O2S/c1-11-4-6-12(7-5-11)16-18-19-17(22-16)13-8-9-14(20-2)15(10-13)21-3/h4-10,16,18H,1-3H3. The Morgan fingerprint density at radius 1 is 1.00 bits per heavy atom. The minimum Gasteiger partial charge on any atom is -0.493 e. The first-order valence-corrected chi connectivity index (χ1v) is 7.88. The molecule has 1 N–H and O–H groups in total. The van der Waals surface area contributed by atoms with Gasteiger partial charge >= 0.3 is 0 Å². The van der Waals surface area contributed by atoms with E-state index in [0.29, 0.717) is 5.75 Å². The predicted molar refractivity (Wildman–Crippen MR) is 90.7 cm³/mol. The minimum atomic E-state index is 0.142. The molecule has 0 saturated heterocycles. The number of thioether (sulfide) groups is 1. The van der Waals surface area contributed by atoms with E-state index >= 15 is 0 Å². The van der Waals surface area contributed by atoms with Gasteiger partial charge in [-0.15, -0.1) is 0 Å². The van der Waals surface area contributed by atoms with Gasteiger partial charge in [0, 0.05) is 5.56 Å². The van der Waals surface area contributed by atoms with E-state index in [9.17, 15) is 0 Å². The summed E-state index contributed by atoms with van der Waals surface area (Å²) in [5.41, 5.74) is 6.68. The maximum atomic E-state index is 5.35. The Kier molecular flexibility index (Phi) is 4.24. The van der Waals surface area contributed by atoms with E-state index < -0.39 is 0 Å². The Morgan fingerprint density at radius 2 is 1.73 bits per heavy atom.